The summed E-state index contributed by atoms with van der Waals surface area (Å²) >= 11 is 1.62. The van der Waals surface area contributed by atoms with Crippen LogP contribution in [0.25, 0.3) is 10.8 Å². The first kappa shape index (κ1) is 17.4. The Morgan fingerprint density at radius 3 is 2.62 bits per heavy atom. The third kappa shape index (κ3) is 3.72. The molecule has 26 heavy (non-hydrogen) atoms. The maximum absolute atomic E-state index is 5.91. The molecule has 0 N–H and O–H groups in total. The first-order chi connectivity index (χ1) is 12.7. The fourth-order valence-electron chi connectivity index (χ4n) is 3.40. The predicted octanol–water partition coefficient (Wildman–Crippen LogP) is 3.99. The third-order valence-corrected chi connectivity index (χ3v) is 6.00. The lowest BCUT2D eigenvalue weighted by atomic mass is 10.1. The van der Waals surface area contributed by atoms with Crippen LogP contribution in [0.5, 0.6) is 0 Å². The van der Waals surface area contributed by atoms with Crippen LogP contribution in [-0.2, 0) is 6.54 Å². The summed E-state index contributed by atoms with van der Waals surface area (Å²) in [5.74, 6) is 1.33. The Bertz CT molecular complexity index is 837. The van der Waals surface area contributed by atoms with Crippen molar-refractivity contribution in [3.8, 4) is 10.8 Å². The van der Waals surface area contributed by atoms with Crippen molar-refractivity contribution in [2.75, 3.05) is 26.2 Å². The number of nitrogens with zero attached hydrogens (tertiary/aromatic N) is 4. The largest absolute Gasteiger partial charge is 0.418 e. The molecular weight excluding hydrogens is 344 g/mol. The average Bonchev–Trinajstić information content (AvgIpc) is 3.35. The molecule has 1 aliphatic heterocycles. The first-order valence-corrected chi connectivity index (χ1v) is 9.97. The van der Waals surface area contributed by atoms with Crippen LogP contribution in [0.15, 0.2) is 46.2 Å². The Morgan fingerprint density at radius 2 is 1.88 bits per heavy atom. The van der Waals surface area contributed by atoms with Crippen LogP contribution in [0, 0.1) is 6.92 Å². The van der Waals surface area contributed by atoms with Gasteiger partial charge in [0.05, 0.1) is 10.9 Å². The molecule has 0 bridgehead atoms. The number of piperazine rings is 1. The normalized spacial score (nSPS) is 17.5. The van der Waals surface area contributed by atoms with Gasteiger partial charge in [-0.15, -0.1) is 21.5 Å². The Labute approximate surface area is 158 Å². The number of aromatic nitrogens is 2. The van der Waals surface area contributed by atoms with Crippen molar-refractivity contribution in [2.24, 2.45) is 0 Å². The number of hydrogen-bond acceptors (Lipinski definition) is 6. The molecule has 6 heteroatoms. The first-order valence-electron chi connectivity index (χ1n) is 9.09. The zero-order valence-corrected chi connectivity index (χ0v) is 16.1. The molecule has 0 radical (unpaired) electrons. The summed E-state index contributed by atoms with van der Waals surface area (Å²) in [5.41, 5.74) is 2.79. The second-order valence-electron chi connectivity index (χ2n) is 6.84. The van der Waals surface area contributed by atoms with Gasteiger partial charge in [0.1, 0.15) is 0 Å². The van der Waals surface area contributed by atoms with Crippen molar-refractivity contribution in [1.29, 1.82) is 0 Å². The smallest absolute Gasteiger partial charge is 0.257 e. The van der Waals surface area contributed by atoms with Gasteiger partial charge >= 0.3 is 0 Å². The monoisotopic (exact) mass is 368 g/mol. The van der Waals surface area contributed by atoms with Gasteiger partial charge in [0.15, 0.2) is 0 Å². The van der Waals surface area contributed by atoms with Gasteiger partial charge in [0, 0.05) is 32.7 Å². The highest BCUT2D eigenvalue weighted by Crippen LogP contribution is 2.27. The Kier molecular flexibility index (Phi) is 5.15. The van der Waals surface area contributed by atoms with E-state index in [9.17, 15) is 0 Å². The Hall–Kier alpha value is -2.02. The van der Waals surface area contributed by atoms with E-state index in [-0.39, 0.29) is 6.04 Å². The van der Waals surface area contributed by atoms with Crippen molar-refractivity contribution in [1.82, 2.24) is 20.0 Å². The van der Waals surface area contributed by atoms with E-state index in [1.165, 1.54) is 11.1 Å². The van der Waals surface area contributed by atoms with Crippen molar-refractivity contribution in [3.05, 3.63) is 58.8 Å². The predicted molar refractivity (Wildman–Crippen MR) is 104 cm³/mol. The lowest BCUT2D eigenvalue weighted by Crippen LogP contribution is -2.46. The molecule has 1 saturated heterocycles. The van der Waals surface area contributed by atoms with E-state index in [2.05, 4.69) is 58.1 Å². The van der Waals surface area contributed by atoms with Crippen molar-refractivity contribution < 1.29 is 4.42 Å². The molecule has 0 amide bonds. The van der Waals surface area contributed by atoms with E-state index in [0.29, 0.717) is 11.8 Å². The van der Waals surface area contributed by atoms with Gasteiger partial charge in [-0.3, -0.25) is 9.80 Å². The van der Waals surface area contributed by atoms with Crippen LogP contribution in [0.1, 0.15) is 30.0 Å². The van der Waals surface area contributed by atoms with Gasteiger partial charge in [0.25, 0.3) is 5.89 Å². The highest BCUT2D eigenvalue weighted by Gasteiger charge is 2.26. The minimum absolute atomic E-state index is 0.150. The second-order valence-corrected chi connectivity index (χ2v) is 7.79. The number of thiophene rings is 1. The van der Waals surface area contributed by atoms with Crippen molar-refractivity contribution in [3.63, 3.8) is 0 Å². The number of rotatable bonds is 5. The summed E-state index contributed by atoms with van der Waals surface area (Å²) in [6.45, 7) is 9.53. The van der Waals surface area contributed by atoms with E-state index in [4.69, 9.17) is 4.42 Å². The number of aryl methyl sites for hydroxylation is 1. The molecule has 0 aliphatic carbocycles. The topological polar surface area (TPSA) is 45.4 Å². The molecule has 136 valence electrons. The Morgan fingerprint density at radius 1 is 1.08 bits per heavy atom. The van der Waals surface area contributed by atoms with Crippen molar-refractivity contribution >= 4 is 11.3 Å². The zero-order valence-electron chi connectivity index (χ0n) is 15.3. The Balaban J connectivity index is 1.35. The van der Waals surface area contributed by atoms with Gasteiger partial charge in [-0.1, -0.05) is 30.3 Å². The van der Waals surface area contributed by atoms with E-state index in [0.717, 1.165) is 37.6 Å². The molecule has 0 saturated carbocycles. The fourth-order valence-corrected chi connectivity index (χ4v) is 4.04. The molecule has 1 aromatic carbocycles. The quantitative estimate of drug-likeness (QED) is 0.681. The highest BCUT2D eigenvalue weighted by atomic mass is 32.1. The van der Waals surface area contributed by atoms with Gasteiger partial charge in [-0.2, -0.15) is 0 Å². The summed E-state index contributed by atoms with van der Waals surface area (Å²) in [5, 5.41) is 10.5. The van der Waals surface area contributed by atoms with Gasteiger partial charge in [-0.25, -0.2) is 0 Å². The molecule has 4 rings (SSSR count). The maximum Gasteiger partial charge on any atom is 0.257 e. The van der Waals surface area contributed by atoms with E-state index in [1.807, 2.05) is 17.5 Å². The van der Waals surface area contributed by atoms with Crippen LogP contribution >= 0.6 is 11.3 Å². The molecule has 0 unspecified atom stereocenters. The molecule has 3 heterocycles. The lowest BCUT2D eigenvalue weighted by molar-refractivity contribution is 0.0875. The highest BCUT2D eigenvalue weighted by molar-refractivity contribution is 7.13. The van der Waals surface area contributed by atoms with Crippen LogP contribution in [-0.4, -0.2) is 46.2 Å². The zero-order chi connectivity index (χ0) is 17.9. The lowest BCUT2D eigenvalue weighted by Gasteiger charge is -2.37. The molecule has 1 fully saturated rings. The molecule has 3 aromatic rings. The summed E-state index contributed by atoms with van der Waals surface area (Å²) in [6.07, 6.45) is 0. The summed E-state index contributed by atoms with van der Waals surface area (Å²) in [4.78, 5) is 5.98. The minimum Gasteiger partial charge on any atom is -0.418 e. The maximum atomic E-state index is 5.91. The summed E-state index contributed by atoms with van der Waals surface area (Å²) in [7, 11) is 0. The molecule has 2 aromatic heterocycles. The second kappa shape index (κ2) is 7.70. The number of hydrogen-bond donors (Lipinski definition) is 0. The molecule has 5 nitrogen and oxygen atoms in total. The summed E-state index contributed by atoms with van der Waals surface area (Å²) in [6, 6.07) is 12.8. The number of benzene rings is 1. The minimum atomic E-state index is 0.150. The molecular formula is C20H24N4OS. The van der Waals surface area contributed by atoms with E-state index < -0.39 is 0 Å². The standard InChI is InChI=1S/C20H24N4OS/c1-15-6-3-4-7-17(15)14-23-9-11-24(12-10-23)16(2)19-21-22-20(25-19)18-8-5-13-26-18/h3-8,13,16H,9-12,14H2,1-2H3/t16-/m0/s1. The van der Waals surface area contributed by atoms with Crippen LogP contribution in [0.3, 0.4) is 0 Å². The van der Waals surface area contributed by atoms with Crippen LogP contribution in [0.2, 0.25) is 0 Å². The van der Waals surface area contributed by atoms with Gasteiger partial charge < -0.3 is 4.42 Å². The SMILES string of the molecule is Cc1ccccc1CN1CCN([C@@H](C)c2nnc(-c3cccs3)o2)CC1. The van der Waals surface area contributed by atoms with Gasteiger partial charge in [0.2, 0.25) is 5.89 Å². The average molecular weight is 369 g/mol. The fraction of sp³-hybridized carbons (Fsp3) is 0.400. The summed E-state index contributed by atoms with van der Waals surface area (Å²) < 4.78 is 5.91. The molecule has 0 spiro atoms. The third-order valence-electron chi connectivity index (χ3n) is 5.14. The van der Waals surface area contributed by atoms with E-state index in [1.54, 1.807) is 11.3 Å². The molecule has 1 atom stereocenters. The van der Waals surface area contributed by atoms with Crippen molar-refractivity contribution in [2.45, 2.75) is 26.4 Å². The van der Waals surface area contributed by atoms with E-state index >= 15 is 0 Å². The van der Waals surface area contributed by atoms with Crippen LogP contribution < -0.4 is 0 Å². The van der Waals surface area contributed by atoms with Crippen LogP contribution in [0.4, 0.5) is 0 Å². The van der Waals surface area contributed by atoms with Gasteiger partial charge in [-0.05, 0) is 36.4 Å². The molecule has 1 aliphatic rings.